The van der Waals surface area contributed by atoms with E-state index in [0.29, 0.717) is 12.2 Å². The summed E-state index contributed by atoms with van der Waals surface area (Å²) in [6.07, 6.45) is 4.22. The summed E-state index contributed by atoms with van der Waals surface area (Å²) in [7, 11) is 1.74. The molecule has 1 aromatic carbocycles. The van der Waals surface area contributed by atoms with Gasteiger partial charge in [-0.3, -0.25) is 9.79 Å². The molecule has 0 unspecified atom stereocenters. The fourth-order valence-corrected chi connectivity index (χ4v) is 3.36. The lowest BCUT2D eigenvalue weighted by molar-refractivity contribution is 0.0996. The van der Waals surface area contributed by atoms with Gasteiger partial charge in [-0.1, -0.05) is 12.1 Å². The van der Waals surface area contributed by atoms with Crippen LogP contribution in [0.1, 0.15) is 26.0 Å². The molecule has 28 heavy (non-hydrogen) atoms. The fourth-order valence-electron chi connectivity index (χ4n) is 2.57. The van der Waals surface area contributed by atoms with Crippen LogP contribution in [-0.4, -0.2) is 30.4 Å². The maximum absolute atomic E-state index is 12.1. The normalized spacial score (nSPS) is 11.3. The summed E-state index contributed by atoms with van der Waals surface area (Å²) in [5, 5.41) is 10.5. The number of aromatic nitrogens is 1. The first kappa shape index (κ1) is 19.6. The van der Waals surface area contributed by atoms with Crippen LogP contribution in [0.2, 0.25) is 0 Å². The Bertz CT molecular complexity index is 934. The number of aryl methyl sites for hydroxylation is 1. The Morgan fingerprint density at radius 3 is 2.86 bits per heavy atom. The van der Waals surface area contributed by atoms with Gasteiger partial charge in [0.2, 0.25) is 0 Å². The van der Waals surface area contributed by atoms with Crippen LogP contribution in [0.5, 0.6) is 0 Å². The Morgan fingerprint density at radius 2 is 2.14 bits per heavy atom. The van der Waals surface area contributed by atoms with E-state index in [1.54, 1.807) is 30.5 Å². The minimum atomic E-state index is -0.273. The third-order valence-corrected chi connectivity index (χ3v) is 4.89. The molecule has 7 nitrogen and oxygen atoms in total. The van der Waals surface area contributed by atoms with Crippen molar-refractivity contribution in [2.75, 3.05) is 18.9 Å². The van der Waals surface area contributed by atoms with E-state index in [-0.39, 0.29) is 11.7 Å². The van der Waals surface area contributed by atoms with E-state index < -0.39 is 0 Å². The molecule has 146 valence electrons. The fraction of sp³-hybridized carbons (Fsp3) is 0.250. The number of rotatable bonds is 7. The highest BCUT2D eigenvalue weighted by molar-refractivity contribution is 7.11. The van der Waals surface area contributed by atoms with Crippen LogP contribution in [0, 0.1) is 6.92 Å². The third-order valence-electron chi connectivity index (χ3n) is 3.91. The quantitative estimate of drug-likeness (QED) is 0.421. The zero-order valence-electron chi connectivity index (χ0n) is 15.9. The number of aliphatic imine (C=N–C) groups is 1. The van der Waals surface area contributed by atoms with Crippen molar-refractivity contribution in [1.82, 2.24) is 15.6 Å². The number of hydrogen-bond acceptors (Lipinski definition) is 5. The van der Waals surface area contributed by atoms with Crippen LogP contribution in [0.3, 0.4) is 0 Å². The highest BCUT2D eigenvalue weighted by atomic mass is 32.1. The Kier molecular flexibility index (Phi) is 6.80. The first-order chi connectivity index (χ1) is 13.6. The largest absolute Gasteiger partial charge is 0.459 e. The molecule has 0 saturated heterocycles. The summed E-state index contributed by atoms with van der Waals surface area (Å²) in [4.78, 5) is 21.9. The summed E-state index contributed by atoms with van der Waals surface area (Å²) in [6, 6.07) is 11.0. The summed E-state index contributed by atoms with van der Waals surface area (Å²) < 4.78 is 5.11. The Hall–Kier alpha value is -3.13. The lowest BCUT2D eigenvalue weighted by atomic mass is 10.2. The molecule has 8 heteroatoms. The first-order valence-electron chi connectivity index (χ1n) is 8.93. The molecule has 0 aliphatic heterocycles. The van der Waals surface area contributed by atoms with Gasteiger partial charge in [-0.05, 0) is 36.8 Å². The second kappa shape index (κ2) is 9.70. The van der Waals surface area contributed by atoms with E-state index >= 15 is 0 Å². The first-order valence-corrected chi connectivity index (χ1v) is 9.75. The van der Waals surface area contributed by atoms with Crippen LogP contribution >= 0.6 is 11.3 Å². The summed E-state index contributed by atoms with van der Waals surface area (Å²) >= 11 is 1.71. The third kappa shape index (κ3) is 5.68. The number of thiazole rings is 1. The van der Waals surface area contributed by atoms with E-state index in [4.69, 9.17) is 4.42 Å². The number of nitrogens with zero attached hydrogens (tertiary/aromatic N) is 2. The number of benzene rings is 1. The van der Waals surface area contributed by atoms with Gasteiger partial charge < -0.3 is 20.4 Å². The molecule has 2 heterocycles. The molecule has 0 atom stereocenters. The summed E-state index contributed by atoms with van der Waals surface area (Å²) in [5.41, 5.74) is 1.73. The number of carbonyl (C=O) groups excluding carboxylic acids is 1. The number of hydrogen-bond donors (Lipinski definition) is 3. The SMILES string of the molecule is CN=C(NCCc1ncc(C)s1)NCc1cccc(NC(=O)c2ccco2)c1. The molecule has 0 aliphatic carbocycles. The molecule has 2 aromatic heterocycles. The molecule has 3 aromatic rings. The van der Waals surface area contributed by atoms with E-state index in [0.717, 1.165) is 29.5 Å². The number of carbonyl (C=O) groups is 1. The van der Waals surface area contributed by atoms with Crippen molar-refractivity contribution in [2.45, 2.75) is 19.9 Å². The van der Waals surface area contributed by atoms with Gasteiger partial charge in [0.25, 0.3) is 5.91 Å². The van der Waals surface area contributed by atoms with Crippen LogP contribution in [0.15, 0.2) is 58.3 Å². The standard InChI is InChI=1S/C20H23N5O2S/c1-14-12-23-18(28-14)8-9-22-20(21-2)24-13-15-5-3-6-16(11-15)25-19(26)17-7-4-10-27-17/h3-7,10-12H,8-9,13H2,1-2H3,(H,25,26)(H2,21,22,24). The molecule has 3 N–H and O–H groups in total. The lowest BCUT2D eigenvalue weighted by Gasteiger charge is -2.12. The van der Waals surface area contributed by atoms with Gasteiger partial charge >= 0.3 is 0 Å². The Morgan fingerprint density at radius 1 is 1.25 bits per heavy atom. The maximum Gasteiger partial charge on any atom is 0.291 e. The second-order valence-corrected chi connectivity index (χ2v) is 7.42. The Labute approximate surface area is 167 Å². The predicted molar refractivity (Wildman–Crippen MR) is 112 cm³/mol. The topological polar surface area (TPSA) is 91.5 Å². The maximum atomic E-state index is 12.1. The Balaban J connectivity index is 1.48. The van der Waals surface area contributed by atoms with Crippen molar-refractivity contribution >= 4 is 28.9 Å². The van der Waals surface area contributed by atoms with Crippen molar-refractivity contribution in [1.29, 1.82) is 0 Å². The molecule has 3 rings (SSSR count). The molecule has 0 radical (unpaired) electrons. The molecule has 0 fully saturated rings. The monoisotopic (exact) mass is 397 g/mol. The average molecular weight is 398 g/mol. The van der Waals surface area contributed by atoms with E-state index in [1.165, 1.54) is 11.1 Å². The molecule has 1 amide bonds. The smallest absolute Gasteiger partial charge is 0.291 e. The van der Waals surface area contributed by atoms with Crippen molar-refractivity contribution in [3.63, 3.8) is 0 Å². The van der Waals surface area contributed by atoms with E-state index in [1.807, 2.05) is 30.5 Å². The zero-order chi connectivity index (χ0) is 19.8. The van der Waals surface area contributed by atoms with Crippen molar-refractivity contribution in [3.05, 3.63) is 70.1 Å². The van der Waals surface area contributed by atoms with Crippen LogP contribution in [0.25, 0.3) is 0 Å². The highest BCUT2D eigenvalue weighted by Gasteiger charge is 2.09. The number of anilines is 1. The molecule has 0 aliphatic rings. The van der Waals surface area contributed by atoms with Crippen molar-refractivity contribution in [2.24, 2.45) is 4.99 Å². The molecule has 0 spiro atoms. The van der Waals surface area contributed by atoms with Gasteiger partial charge in [-0.15, -0.1) is 11.3 Å². The summed E-state index contributed by atoms with van der Waals surface area (Å²) in [5.74, 6) is 0.729. The predicted octanol–water partition coefficient (Wildman–Crippen LogP) is 3.20. The lowest BCUT2D eigenvalue weighted by Crippen LogP contribution is -2.37. The number of amides is 1. The minimum absolute atomic E-state index is 0.273. The average Bonchev–Trinajstić information content (AvgIpc) is 3.37. The molecule has 0 bridgehead atoms. The molecule has 0 saturated carbocycles. The zero-order valence-corrected chi connectivity index (χ0v) is 16.7. The minimum Gasteiger partial charge on any atom is -0.459 e. The van der Waals surface area contributed by atoms with Gasteiger partial charge in [0.05, 0.1) is 11.3 Å². The summed E-state index contributed by atoms with van der Waals surface area (Å²) in [6.45, 7) is 3.40. The molecular formula is C20H23N5O2S. The van der Waals surface area contributed by atoms with Gasteiger partial charge in [0.1, 0.15) is 0 Å². The van der Waals surface area contributed by atoms with E-state index in [9.17, 15) is 4.79 Å². The molecular weight excluding hydrogens is 374 g/mol. The van der Waals surface area contributed by atoms with Crippen LogP contribution in [-0.2, 0) is 13.0 Å². The van der Waals surface area contributed by atoms with Gasteiger partial charge in [-0.2, -0.15) is 0 Å². The van der Waals surface area contributed by atoms with Gasteiger partial charge in [0, 0.05) is 43.3 Å². The van der Waals surface area contributed by atoms with Crippen LogP contribution < -0.4 is 16.0 Å². The van der Waals surface area contributed by atoms with Crippen LogP contribution in [0.4, 0.5) is 5.69 Å². The van der Waals surface area contributed by atoms with Gasteiger partial charge in [0.15, 0.2) is 11.7 Å². The number of guanidine groups is 1. The number of furan rings is 1. The highest BCUT2D eigenvalue weighted by Crippen LogP contribution is 2.13. The van der Waals surface area contributed by atoms with Crippen molar-refractivity contribution in [3.8, 4) is 0 Å². The van der Waals surface area contributed by atoms with Gasteiger partial charge in [-0.25, -0.2) is 4.98 Å². The number of nitrogens with one attached hydrogen (secondary N) is 3. The van der Waals surface area contributed by atoms with Crippen molar-refractivity contribution < 1.29 is 9.21 Å². The van der Waals surface area contributed by atoms with E-state index in [2.05, 4.69) is 32.9 Å². The second-order valence-electron chi connectivity index (χ2n) is 6.10.